The normalized spacial score (nSPS) is 15.7. The van der Waals surface area contributed by atoms with Crippen LogP contribution in [0.4, 0.5) is 5.69 Å². The van der Waals surface area contributed by atoms with Gasteiger partial charge in [0.1, 0.15) is 5.75 Å². The van der Waals surface area contributed by atoms with Gasteiger partial charge in [0, 0.05) is 9.79 Å². The first-order valence-electron chi connectivity index (χ1n) is 10.1. The maximum atomic E-state index is 12.7. The van der Waals surface area contributed by atoms with E-state index in [4.69, 9.17) is 9.53 Å². The predicted molar refractivity (Wildman–Crippen MR) is 117 cm³/mol. The van der Waals surface area contributed by atoms with E-state index in [1.807, 2.05) is 18.2 Å². The van der Waals surface area contributed by atoms with Crippen LogP contribution in [0.15, 0.2) is 46.2 Å². The van der Waals surface area contributed by atoms with Crippen LogP contribution in [0.25, 0.3) is 0 Å². The average Bonchev–Trinajstić information content (AvgIpc) is 2.88. The number of primary amides is 1. The van der Waals surface area contributed by atoms with Crippen LogP contribution < -0.4 is 15.8 Å². The smallest absolute Gasteiger partial charge is 0.256 e. The quantitative estimate of drug-likeness (QED) is 0.691. The van der Waals surface area contributed by atoms with Crippen LogP contribution in [0.2, 0.25) is 0 Å². The molecule has 0 radical (unpaired) electrons. The first-order chi connectivity index (χ1) is 14.1. The number of nitrogens with one attached hydrogen (secondary N) is 1. The second-order valence-corrected chi connectivity index (χ2v) is 8.51. The summed E-state index contributed by atoms with van der Waals surface area (Å²) in [6, 6.07) is 12.2. The minimum Gasteiger partial charge on any atom is -0.497 e. The second-order valence-electron chi connectivity index (χ2n) is 7.43. The van der Waals surface area contributed by atoms with Gasteiger partial charge in [-0.2, -0.15) is 0 Å². The van der Waals surface area contributed by atoms with Crippen molar-refractivity contribution in [2.24, 2.45) is 11.7 Å². The molecule has 0 bridgehead atoms. The van der Waals surface area contributed by atoms with Crippen molar-refractivity contribution < 1.29 is 14.3 Å². The van der Waals surface area contributed by atoms with E-state index in [1.54, 1.807) is 18.9 Å². The molecule has 6 heteroatoms. The molecule has 2 amide bonds. The molecular formula is C23H28N2O3S. The lowest BCUT2D eigenvalue weighted by Gasteiger charge is -2.21. The van der Waals surface area contributed by atoms with E-state index in [1.165, 1.54) is 44.1 Å². The van der Waals surface area contributed by atoms with Crippen LogP contribution in [0.5, 0.6) is 5.75 Å². The van der Waals surface area contributed by atoms with Crippen LogP contribution in [-0.4, -0.2) is 19.4 Å². The molecule has 2 aromatic rings. The molecular weight excluding hydrogens is 384 g/mol. The minimum atomic E-state index is -0.0606. The molecule has 0 aromatic heterocycles. The number of aryl methyl sites for hydroxylation is 1. The third kappa shape index (κ3) is 5.54. The molecule has 4 rings (SSSR count). The summed E-state index contributed by atoms with van der Waals surface area (Å²) < 4.78 is 5.27. The Kier molecular flexibility index (Phi) is 7.58. The van der Waals surface area contributed by atoms with Gasteiger partial charge in [-0.1, -0.05) is 49.9 Å². The van der Waals surface area contributed by atoms with Crippen molar-refractivity contribution in [1.29, 1.82) is 0 Å². The molecule has 0 unspecified atom stereocenters. The van der Waals surface area contributed by atoms with E-state index in [-0.39, 0.29) is 12.3 Å². The van der Waals surface area contributed by atoms with Gasteiger partial charge in [0.05, 0.1) is 18.4 Å². The highest BCUT2D eigenvalue weighted by atomic mass is 32.2. The van der Waals surface area contributed by atoms with Gasteiger partial charge in [-0.15, -0.1) is 0 Å². The highest BCUT2D eigenvalue weighted by molar-refractivity contribution is 7.99. The number of nitrogens with two attached hydrogens (primary N) is 1. The summed E-state index contributed by atoms with van der Waals surface area (Å²) in [7, 11) is 1.62. The molecule has 2 aromatic carbocycles. The van der Waals surface area contributed by atoms with Gasteiger partial charge < -0.3 is 15.8 Å². The number of carbonyl (C=O) groups excluding carboxylic acids is 2. The third-order valence-electron chi connectivity index (χ3n) is 5.51. The molecule has 1 heterocycles. The Labute approximate surface area is 176 Å². The topological polar surface area (TPSA) is 81.4 Å². The Morgan fingerprint density at radius 1 is 1.14 bits per heavy atom. The fourth-order valence-corrected chi connectivity index (χ4v) is 4.97. The predicted octanol–water partition coefficient (Wildman–Crippen LogP) is 5.03. The van der Waals surface area contributed by atoms with Crippen LogP contribution in [0.3, 0.4) is 0 Å². The Balaban J connectivity index is 0.000000755. The van der Waals surface area contributed by atoms with Gasteiger partial charge >= 0.3 is 0 Å². The highest BCUT2D eigenvalue weighted by Crippen LogP contribution is 2.40. The Hall–Kier alpha value is -2.47. The molecule has 29 heavy (non-hydrogen) atoms. The average molecular weight is 413 g/mol. The number of rotatable bonds is 4. The van der Waals surface area contributed by atoms with E-state index in [0.717, 1.165) is 27.8 Å². The summed E-state index contributed by atoms with van der Waals surface area (Å²) in [6.45, 7) is 0. The second kappa shape index (κ2) is 10.3. The summed E-state index contributed by atoms with van der Waals surface area (Å²) >= 11 is 1.64. The largest absolute Gasteiger partial charge is 0.497 e. The van der Waals surface area contributed by atoms with Crippen molar-refractivity contribution in [3.8, 4) is 5.75 Å². The monoisotopic (exact) mass is 412 g/mol. The van der Waals surface area contributed by atoms with Crippen molar-refractivity contribution in [2.45, 2.75) is 54.7 Å². The number of hydrogen-bond acceptors (Lipinski definition) is 4. The van der Waals surface area contributed by atoms with Gasteiger partial charge in [-0.05, 0) is 54.7 Å². The lowest BCUT2D eigenvalue weighted by molar-refractivity contribution is -0.106. The molecule has 1 aliphatic heterocycles. The van der Waals surface area contributed by atoms with Crippen molar-refractivity contribution in [1.82, 2.24) is 0 Å². The van der Waals surface area contributed by atoms with Crippen molar-refractivity contribution in [3.63, 3.8) is 0 Å². The fraction of sp³-hybridized carbons (Fsp3) is 0.391. The van der Waals surface area contributed by atoms with Gasteiger partial charge in [0.15, 0.2) is 0 Å². The number of ether oxygens (including phenoxy) is 1. The molecule has 5 nitrogen and oxygen atoms in total. The maximum absolute atomic E-state index is 12.7. The Morgan fingerprint density at radius 3 is 2.59 bits per heavy atom. The Bertz CT molecular complexity index is 863. The summed E-state index contributed by atoms with van der Waals surface area (Å²) in [5.41, 5.74) is 7.09. The van der Waals surface area contributed by atoms with E-state index >= 15 is 0 Å². The molecule has 0 saturated heterocycles. The van der Waals surface area contributed by atoms with Crippen molar-refractivity contribution >= 4 is 29.8 Å². The van der Waals surface area contributed by atoms with Crippen LogP contribution in [0.1, 0.15) is 54.4 Å². The third-order valence-corrected chi connectivity index (χ3v) is 6.66. The number of carbonyl (C=O) groups is 2. The summed E-state index contributed by atoms with van der Waals surface area (Å²) in [4.78, 5) is 23.3. The first-order valence-corrected chi connectivity index (χ1v) is 10.9. The zero-order valence-corrected chi connectivity index (χ0v) is 17.6. The molecule has 1 fully saturated rings. The summed E-state index contributed by atoms with van der Waals surface area (Å²) in [5, 5.41) is 3.09. The minimum absolute atomic E-state index is 0.0606. The SMILES string of the molecule is COc1ccc2c(c1)C(=O)Nc1cc(CCC3CCCCC3)ccc1S2.NC=O. The number of hydrogen-bond donors (Lipinski definition) is 2. The molecule has 3 N–H and O–H groups in total. The molecule has 0 spiro atoms. The first kappa shape index (κ1) is 21.2. The number of amides is 2. The lowest BCUT2D eigenvalue weighted by Crippen LogP contribution is -2.12. The molecule has 1 aliphatic carbocycles. The van der Waals surface area contributed by atoms with Crippen LogP contribution in [0, 0.1) is 5.92 Å². The zero-order chi connectivity index (χ0) is 20.6. The van der Waals surface area contributed by atoms with Gasteiger partial charge in [-0.3, -0.25) is 9.59 Å². The standard InChI is InChI=1S/C22H25NO2S.CH3NO/c1-25-17-10-12-20-18(14-17)22(24)23-19-13-16(9-11-21(19)26-20)8-7-15-5-3-2-4-6-15;2-1-3/h9-15H,2-8H2,1H3,(H,23,24);1H,(H2,2,3). The Morgan fingerprint density at radius 2 is 1.86 bits per heavy atom. The van der Waals surface area contributed by atoms with E-state index in [0.29, 0.717) is 11.3 Å². The van der Waals surface area contributed by atoms with Crippen LogP contribution >= 0.6 is 11.8 Å². The number of methoxy groups -OCH3 is 1. The molecule has 0 atom stereocenters. The molecule has 154 valence electrons. The number of anilines is 1. The van der Waals surface area contributed by atoms with Gasteiger partial charge in [-0.25, -0.2) is 0 Å². The highest BCUT2D eigenvalue weighted by Gasteiger charge is 2.21. The lowest BCUT2D eigenvalue weighted by atomic mass is 9.85. The van der Waals surface area contributed by atoms with Crippen molar-refractivity contribution in [2.75, 3.05) is 12.4 Å². The van der Waals surface area contributed by atoms with Gasteiger partial charge in [0.2, 0.25) is 6.41 Å². The summed E-state index contributed by atoms with van der Waals surface area (Å²) in [6.07, 6.45) is 9.57. The molecule has 1 saturated carbocycles. The van der Waals surface area contributed by atoms with Crippen molar-refractivity contribution in [3.05, 3.63) is 47.5 Å². The van der Waals surface area contributed by atoms with E-state index < -0.39 is 0 Å². The zero-order valence-electron chi connectivity index (χ0n) is 16.8. The molecule has 2 aliphatic rings. The van der Waals surface area contributed by atoms with E-state index in [2.05, 4.69) is 29.2 Å². The number of benzene rings is 2. The maximum Gasteiger partial charge on any atom is 0.256 e. The van der Waals surface area contributed by atoms with Crippen LogP contribution in [-0.2, 0) is 11.2 Å². The fourth-order valence-electron chi connectivity index (χ4n) is 3.98. The van der Waals surface area contributed by atoms with Gasteiger partial charge in [0.25, 0.3) is 5.91 Å². The number of fused-ring (bicyclic) bond motifs is 2. The summed E-state index contributed by atoms with van der Waals surface area (Å²) in [5.74, 6) is 1.52. The van der Waals surface area contributed by atoms with E-state index in [9.17, 15) is 4.79 Å².